The predicted octanol–water partition coefficient (Wildman–Crippen LogP) is 1.34. The molecule has 0 aliphatic carbocycles. The van der Waals surface area contributed by atoms with Gasteiger partial charge in [-0.1, -0.05) is 26.0 Å². The number of phenols is 1. The van der Waals surface area contributed by atoms with Crippen LogP contribution in [0.15, 0.2) is 24.3 Å². The molecule has 5 nitrogen and oxygen atoms in total. The molecular weight excluding hydrogens is 258 g/mol. The van der Waals surface area contributed by atoms with E-state index in [4.69, 9.17) is 4.74 Å². The lowest BCUT2D eigenvalue weighted by atomic mass is 9.99. The van der Waals surface area contributed by atoms with Crippen molar-refractivity contribution in [1.29, 1.82) is 0 Å². The summed E-state index contributed by atoms with van der Waals surface area (Å²) in [7, 11) is 1.63. The maximum absolute atomic E-state index is 12.2. The molecule has 1 aromatic rings. The van der Waals surface area contributed by atoms with E-state index in [1.807, 2.05) is 13.8 Å². The molecule has 1 N–H and O–H groups in total. The summed E-state index contributed by atoms with van der Waals surface area (Å²) in [5.41, 5.74) is 0.868. The first-order chi connectivity index (χ1) is 9.40. The number of cyclic esters (lactones) is 1. The highest BCUT2D eigenvalue weighted by atomic mass is 16.6. The smallest absolute Gasteiger partial charge is 0.329 e. The van der Waals surface area contributed by atoms with E-state index in [2.05, 4.69) is 0 Å². The van der Waals surface area contributed by atoms with E-state index in [0.29, 0.717) is 6.42 Å². The highest BCUT2D eigenvalue weighted by Crippen LogP contribution is 2.22. The van der Waals surface area contributed by atoms with Crippen LogP contribution < -0.4 is 0 Å². The number of benzene rings is 1. The van der Waals surface area contributed by atoms with Gasteiger partial charge in [0.05, 0.1) is 0 Å². The largest absolute Gasteiger partial charge is 0.508 e. The second-order valence-corrected chi connectivity index (χ2v) is 5.44. The minimum absolute atomic E-state index is 0.0384. The number of carbonyl (C=O) groups excluding carboxylic acids is 2. The van der Waals surface area contributed by atoms with Crippen molar-refractivity contribution in [2.24, 2.45) is 5.92 Å². The maximum Gasteiger partial charge on any atom is 0.329 e. The molecule has 1 heterocycles. The average molecular weight is 277 g/mol. The number of carbonyl (C=O) groups is 2. The molecular formula is C15H19NO4. The maximum atomic E-state index is 12.2. The number of morpholine rings is 1. The van der Waals surface area contributed by atoms with E-state index in [1.165, 1.54) is 4.90 Å². The Labute approximate surface area is 118 Å². The molecule has 0 aromatic heterocycles. The van der Waals surface area contributed by atoms with Crippen LogP contribution in [-0.4, -0.2) is 41.1 Å². The Balaban J connectivity index is 2.14. The highest BCUT2D eigenvalue weighted by Gasteiger charge is 2.41. The van der Waals surface area contributed by atoms with Crippen molar-refractivity contribution < 1.29 is 19.4 Å². The summed E-state index contributed by atoms with van der Waals surface area (Å²) in [6.45, 7) is 3.70. The number of aromatic hydroxyl groups is 1. The van der Waals surface area contributed by atoms with Crippen LogP contribution in [0, 0.1) is 5.92 Å². The van der Waals surface area contributed by atoms with E-state index in [-0.39, 0.29) is 23.5 Å². The van der Waals surface area contributed by atoms with Crippen molar-refractivity contribution in [1.82, 2.24) is 4.90 Å². The Morgan fingerprint density at radius 3 is 2.40 bits per heavy atom. The van der Waals surface area contributed by atoms with Gasteiger partial charge in [0.25, 0.3) is 5.91 Å². The van der Waals surface area contributed by atoms with Gasteiger partial charge in [-0.25, -0.2) is 4.79 Å². The summed E-state index contributed by atoms with van der Waals surface area (Å²) in [5.74, 6) is -0.407. The molecule has 0 spiro atoms. The first-order valence-corrected chi connectivity index (χ1v) is 6.65. The van der Waals surface area contributed by atoms with Crippen LogP contribution in [0.1, 0.15) is 19.4 Å². The number of hydrogen-bond acceptors (Lipinski definition) is 4. The third-order valence-corrected chi connectivity index (χ3v) is 3.54. The van der Waals surface area contributed by atoms with E-state index < -0.39 is 12.1 Å². The summed E-state index contributed by atoms with van der Waals surface area (Å²) in [6, 6.07) is 5.97. The number of ether oxygens (including phenoxy) is 1. The molecule has 1 saturated heterocycles. The molecule has 2 atom stereocenters. The Morgan fingerprint density at radius 2 is 1.85 bits per heavy atom. The monoisotopic (exact) mass is 277 g/mol. The summed E-state index contributed by atoms with van der Waals surface area (Å²) >= 11 is 0. The van der Waals surface area contributed by atoms with Crippen molar-refractivity contribution in [3.8, 4) is 5.75 Å². The second-order valence-electron chi connectivity index (χ2n) is 5.44. The van der Waals surface area contributed by atoms with Gasteiger partial charge >= 0.3 is 5.97 Å². The van der Waals surface area contributed by atoms with Gasteiger partial charge in [0.1, 0.15) is 11.8 Å². The number of amides is 1. The fraction of sp³-hybridized carbons (Fsp3) is 0.467. The molecule has 0 radical (unpaired) electrons. The third-order valence-electron chi connectivity index (χ3n) is 3.54. The number of esters is 1. The zero-order valence-corrected chi connectivity index (χ0v) is 11.9. The normalized spacial score (nSPS) is 23.1. The molecule has 1 aliphatic heterocycles. The molecule has 1 amide bonds. The van der Waals surface area contributed by atoms with Crippen molar-refractivity contribution >= 4 is 11.9 Å². The van der Waals surface area contributed by atoms with Gasteiger partial charge in [0, 0.05) is 13.5 Å². The van der Waals surface area contributed by atoms with E-state index >= 15 is 0 Å². The summed E-state index contributed by atoms with van der Waals surface area (Å²) < 4.78 is 5.26. The van der Waals surface area contributed by atoms with E-state index in [1.54, 1.807) is 31.3 Å². The van der Waals surface area contributed by atoms with E-state index in [9.17, 15) is 14.7 Å². The lowest BCUT2D eigenvalue weighted by molar-refractivity contribution is -0.179. The zero-order valence-electron chi connectivity index (χ0n) is 11.9. The molecule has 1 aliphatic rings. The Hall–Kier alpha value is -2.04. The first-order valence-electron chi connectivity index (χ1n) is 6.65. The van der Waals surface area contributed by atoms with Crippen LogP contribution in [0.25, 0.3) is 0 Å². The molecule has 0 bridgehead atoms. The minimum Gasteiger partial charge on any atom is -0.508 e. The van der Waals surface area contributed by atoms with Gasteiger partial charge in [0.15, 0.2) is 6.10 Å². The fourth-order valence-electron chi connectivity index (χ4n) is 2.26. The van der Waals surface area contributed by atoms with Gasteiger partial charge in [-0.2, -0.15) is 0 Å². The lowest BCUT2D eigenvalue weighted by Gasteiger charge is -2.37. The first kappa shape index (κ1) is 14.4. The number of hydrogen-bond donors (Lipinski definition) is 1. The predicted molar refractivity (Wildman–Crippen MR) is 73.1 cm³/mol. The van der Waals surface area contributed by atoms with Crippen molar-refractivity contribution in [3.63, 3.8) is 0 Å². The van der Waals surface area contributed by atoms with Crippen LogP contribution >= 0.6 is 0 Å². The highest BCUT2D eigenvalue weighted by molar-refractivity contribution is 5.92. The van der Waals surface area contributed by atoms with Crippen LogP contribution in [0.3, 0.4) is 0 Å². The molecule has 2 rings (SSSR count). The van der Waals surface area contributed by atoms with Crippen LogP contribution in [-0.2, 0) is 20.7 Å². The number of likely N-dealkylation sites (N-methyl/N-ethyl adjacent to an activating group) is 1. The van der Waals surface area contributed by atoms with Crippen molar-refractivity contribution in [2.75, 3.05) is 7.05 Å². The van der Waals surface area contributed by atoms with Crippen LogP contribution in [0.2, 0.25) is 0 Å². The summed E-state index contributed by atoms with van der Waals surface area (Å²) in [6.07, 6.45) is -0.310. The van der Waals surface area contributed by atoms with Gasteiger partial charge in [-0.05, 0) is 23.6 Å². The molecule has 20 heavy (non-hydrogen) atoms. The Bertz CT molecular complexity index is 509. The third kappa shape index (κ3) is 2.76. The van der Waals surface area contributed by atoms with Gasteiger partial charge in [-0.3, -0.25) is 4.79 Å². The molecule has 108 valence electrons. The SMILES string of the molecule is CC(C)[C@H]1OC(=O)[C@H](Cc2ccc(O)cc2)N(C)C1=O. The Kier molecular flexibility index (Phi) is 3.97. The van der Waals surface area contributed by atoms with Crippen LogP contribution in [0.4, 0.5) is 0 Å². The number of phenolic OH excluding ortho intramolecular Hbond substituents is 1. The van der Waals surface area contributed by atoms with Crippen molar-refractivity contribution in [3.05, 3.63) is 29.8 Å². The number of nitrogens with zero attached hydrogens (tertiary/aromatic N) is 1. The topological polar surface area (TPSA) is 66.8 Å². The molecule has 0 unspecified atom stereocenters. The van der Waals surface area contributed by atoms with Crippen molar-refractivity contribution in [2.45, 2.75) is 32.4 Å². The lowest BCUT2D eigenvalue weighted by Crippen LogP contribution is -2.56. The van der Waals surface area contributed by atoms with Crippen LogP contribution in [0.5, 0.6) is 5.75 Å². The molecule has 1 fully saturated rings. The summed E-state index contributed by atoms with van der Waals surface area (Å²) in [5, 5.41) is 9.25. The number of rotatable bonds is 3. The van der Waals surface area contributed by atoms with Gasteiger partial charge < -0.3 is 14.7 Å². The van der Waals surface area contributed by atoms with Gasteiger partial charge in [0.2, 0.25) is 0 Å². The second kappa shape index (κ2) is 5.53. The standard InChI is InChI=1S/C15H19NO4/c1-9(2)13-14(18)16(3)12(15(19)20-13)8-10-4-6-11(17)7-5-10/h4-7,9,12-13,17H,8H2,1-3H3/t12-,13+/m0/s1. The van der Waals surface area contributed by atoms with E-state index in [0.717, 1.165) is 5.56 Å². The average Bonchev–Trinajstić information content (AvgIpc) is 2.40. The zero-order chi connectivity index (χ0) is 14.9. The summed E-state index contributed by atoms with van der Waals surface area (Å²) in [4.78, 5) is 25.7. The molecule has 1 aromatic carbocycles. The molecule has 0 saturated carbocycles. The fourth-order valence-corrected chi connectivity index (χ4v) is 2.26. The minimum atomic E-state index is -0.691. The Morgan fingerprint density at radius 1 is 1.25 bits per heavy atom. The molecule has 5 heteroatoms. The van der Waals surface area contributed by atoms with Gasteiger partial charge in [-0.15, -0.1) is 0 Å². The quantitative estimate of drug-likeness (QED) is 0.847.